The average molecular weight is 307 g/mol. The summed E-state index contributed by atoms with van der Waals surface area (Å²) >= 11 is 0. The van der Waals surface area contributed by atoms with Crippen molar-refractivity contribution in [2.75, 3.05) is 6.54 Å². The standard InChI is InChI=1S/C15H21N3O4/c1-2-18-13(19)8-7-12(16-18)15(22)17-10-4-3-5-11(17)6-9-14(20)21/h7-8,11H,2-6,9-10H2,1H3,(H,20,21)/t11-/m0/s1. The van der Waals surface area contributed by atoms with Gasteiger partial charge in [0.25, 0.3) is 11.5 Å². The van der Waals surface area contributed by atoms with E-state index in [1.165, 1.54) is 16.8 Å². The first-order valence-corrected chi connectivity index (χ1v) is 7.64. The van der Waals surface area contributed by atoms with Gasteiger partial charge in [-0.15, -0.1) is 0 Å². The minimum Gasteiger partial charge on any atom is -0.481 e. The van der Waals surface area contributed by atoms with Crippen molar-refractivity contribution in [3.05, 3.63) is 28.2 Å². The van der Waals surface area contributed by atoms with Crippen molar-refractivity contribution in [1.29, 1.82) is 0 Å². The molecule has 1 aliphatic heterocycles. The third kappa shape index (κ3) is 3.72. The van der Waals surface area contributed by atoms with Crippen LogP contribution in [0, 0.1) is 0 Å². The van der Waals surface area contributed by atoms with E-state index < -0.39 is 5.97 Å². The van der Waals surface area contributed by atoms with Gasteiger partial charge in [0.15, 0.2) is 0 Å². The predicted octanol–water partition coefficient (Wildman–Crippen LogP) is 1.12. The van der Waals surface area contributed by atoms with Crippen LogP contribution >= 0.6 is 0 Å². The third-order valence-electron chi connectivity index (χ3n) is 3.96. The van der Waals surface area contributed by atoms with Gasteiger partial charge in [-0.25, -0.2) is 4.68 Å². The molecule has 0 bridgehead atoms. The Morgan fingerprint density at radius 3 is 2.82 bits per heavy atom. The number of aryl methyl sites for hydroxylation is 1. The maximum Gasteiger partial charge on any atom is 0.303 e. The van der Waals surface area contributed by atoms with Crippen molar-refractivity contribution >= 4 is 11.9 Å². The molecule has 22 heavy (non-hydrogen) atoms. The fourth-order valence-electron chi connectivity index (χ4n) is 2.79. The molecule has 0 saturated carbocycles. The van der Waals surface area contributed by atoms with Crippen LogP contribution in [0.3, 0.4) is 0 Å². The number of piperidine rings is 1. The van der Waals surface area contributed by atoms with Crippen LogP contribution in [0.2, 0.25) is 0 Å². The first kappa shape index (κ1) is 16.2. The Morgan fingerprint density at radius 1 is 1.36 bits per heavy atom. The number of amides is 1. The number of carbonyl (C=O) groups excluding carboxylic acids is 1. The third-order valence-corrected chi connectivity index (χ3v) is 3.96. The van der Waals surface area contributed by atoms with E-state index in [0.29, 0.717) is 19.5 Å². The lowest BCUT2D eigenvalue weighted by atomic mass is 9.97. The Morgan fingerprint density at radius 2 is 2.14 bits per heavy atom. The Hall–Kier alpha value is -2.18. The van der Waals surface area contributed by atoms with E-state index in [9.17, 15) is 14.4 Å². The van der Waals surface area contributed by atoms with Gasteiger partial charge in [0.05, 0.1) is 0 Å². The number of hydrogen-bond donors (Lipinski definition) is 1. The van der Waals surface area contributed by atoms with Crippen LogP contribution < -0.4 is 5.56 Å². The molecule has 1 N–H and O–H groups in total. The molecule has 1 aromatic heterocycles. The molecule has 1 aromatic rings. The molecule has 7 nitrogen and oxygen atoms in total. The van der Waals surface area contributed by atoms with Crippen LogP contribution in [0.1, 0.15) is 49.5 Å². The van der Waals surface area contributed by atoms with Gasteiger partial charge in [-0.2, -0.15) is 5.10 Å². The Bertz CT molecular complexity index is 611. The number of aromatic nitrogens is 2. The zero-order valence-corrected chi connectivity index (χ0v) is 12.7. The van der Waals surface area contributed by atoms with Gasteiger partial charge in [0, 0.05) is 31.6 Å². The largest absolute Gasteiger partial charge is 0.481 e. The molecule has 0 spiro atoms. The highest BCUT2D eigenvalue weighted by Gasteiger charge is 2.28. The number of rotatable bonds is 5. The number of carboxylic acids is 1. The molecule has 1 aliphatic rings. The molecule has 1 fully saturated rings. The summed E-state index contributed by atoms with van der Waals surface area (Å²) in [6, 6.07) is 2.72. The molecule has 0 aliphatic carbocycles. The minimum absolute atomic E-state index is 0.0519. The van der Waals surface area contributed by atoms with E-state index in [4.69, 9.17) is 5.11 Å². The summed E-state index contributed by atoms with van der Waals surface area (Å²) in [6.07, 6.45) is 3.22. The normalized spacial score (nSPS) is 18.2. The van der Waals surface area contributed by atoms with Gasteiger partial charge in [-0.05, 0) is 38.7 Å². The summed E-state index contributed by atoms with van der Waals surface area (Å²) in [4.78, 5) is 36.7. The predicted molar refractivity (Wildman–Crippen MR) is 79.7 cm³/mol. The van der Waals surface area contributed by atoms with Crippen molar-refractivity contribution in [1.82, 2.24) is 14.7 Å². The molecule has 0 unspecified atom stereocenters. The second kappa shape index (κ2) is 7.20. The topological polar surface area (TPSA) is 92.5 Å². The van der Waals surface area contributed by atoms with Gasteiger partial charge in [-0.3, -0.25) is 14.4 Å². The molecular formula is C15H21N3O4. The number of nitrogens with zero attached hydrogens (tertiary/aromatic N) is 3. The second-order valence-corrected chi connectivity index (χ2v) is 5.45. The van der Waals surface area contributed by atoms with Crippen LogP contribution in [0.15, 0.2) is 16.9 Å². The lowest BCUT2D eigenvalue weighted by Crippen LogP contribution is -2.44. The maximum absolute atomic E-state index is 12.6. The van der Waals surface area contributed by atoms with Crippen molar-refractivity contribution in [2.45, 2.75) is 51.6 Å². The van der Waals surface area contributed by atoms with Gasteiger partial charge in [0.1, 0.15) is 5.69 Å². The number of likely N-dealkylation sites (tertiary alicyclic amines) is 1. The van der Waals surface area contributed by atoms with Gasteiger partial charge in [0.2, 0.25) is 0 Å². The highest BCUT2D eigenvalue weighted by molar-refractivity contribution is 5.92. The van der Waals surface area contributed by atoms with E-state index in [1.807, 2.05) is 0 Å². The molecule has 120 valence electrons. The number of hydrogen-bond acceptors (Lipinski definition) is 4. The van der Waals surface area contributed by atoms with E-state index in [-0.39, 0.29) is 29.6 Å². The summed E-state index contributed by atoms with van der Waals surface area (Å²) in [7, 11) is 0. The van der Waals surface area contributed by atoms with Crippen LogP contribution in [0.5, 0.6) is 0 Å². The fourth-order valence-corrected chi connectivity index (χ4v) is 2.79. The first-order chi connectivity index (χ1) is 10.5. The second-order valence-electron chi connectivity index (χ2n) is 5.45. The van der Waals surface area contributed by atoms with Gasteiger partial charge < -0.3 is 10.0 Å². The zero-order valence-electron chi connectivity index (χ0n) is 12.7. The van der Waals surface area contributed by atoms with Crippen LogP contribution in [-0.4, -0.2) is 44.3 Å². The van der Waals surface area contributed by atoms with Crippen molar-refractivity contribution in [3.8, 4) is 0 Å². The van der Waals surface area contributed by atoms with Crippen LogP contribution in [0.4, 0.5) is 0 Å². The van der Waals surface area contributed by atoms with Crippen LogP contribution in [-0.2, 0) is 11.3 Å². The Balaban J connectivity index is 2.17. The molecule has 1 saturated heterocycles. The lowest BCUT2D eigenvalue weighted by Gasteiger charge is -2.35. The lowest BCUT2D eigenvalue weighted by molar-refractivity contribution is -0.137. The molecule has 0 radical (unpaired) electrons. The highest BCUT2D eigenvalue weighted by atomic mass is 16.4. The summed E-state index contributed by atoms with van der Waals surface area (Å²) in [5.41, 5.74) is 0.00352. The first-order valence-electron chi connectivity index (χ1n) is 7.64. The summed E-state index contributed by atoms with van der Waals surface area (Å²) in [6.45, 7) is 2.80. The average Bonchev–Trinajstić information content (AvgIpc) is 2.53. The Labute approximate surface area is 128 Å². The molecule has 1 atom stereocenters. The number of carbonyl (C=O) groups is 2. The maximum atomic E-state index is 12.6. The minimum atomic E-state index is -0.851. The fraction of sp³-hybridized carbons (Fsp3) is 0.600. The van der Waals surface area contributed by atoms with Gasteiger partial charge >= 0.3 is 5.97 Å². The Kier molecular flexibility index (Phi) is 5.30. The molecule has 0 aromatic carbocycles. The highest BCUT2D eigenvalue weighted by Crippen LogP contribution is 2.22. The van der Waals surface area contributed by atoms with E-state index in [2.05, 4.69) is 5.10 Å². The summed E-state index contributed by atoms with van der Waals surface area (Å²) in [5.74, 6) is -1.08. The van der Waals surface area contributed by atoms with Crippen LogP contribution in [0.25, 0.3) is 0 Å². The SMILES string of the molecule is CCn1nc(C(=O)N2CCCC[C@H]2CCC(=O)O)ccc1=O. The molecule has 7 heteroatoms. The number of carboxylic acid groups (broad SMARTS) is 1. The molecule has 2 heterocycles. The van der Waals surface area contributed by atoms with E-state index in [1.54, 1.807) is 11.8 Å². The molecular weight excluding hydrogens is 286 g/mol. The smallest absolute Gasteiger partial charge is 0.303 e. The number of aliphatic carboxylic acids is 1. The van der Waals surface area contributed by atoms with Gasteiger partial charge in [-0.1, -0.05) is 0 Å². The summed E-state index contributed by atoms with van der Waals surface area (Å²) < 4.78 is 1.25. The molecule has 2 rings (SSSR count). The monoisotopic (exact) mass is 307 g/mol. The van der Waals surface area contributed by atoms with Crippen molar-refractivity contribution in [3.63, 3.8) is 0 Å². The quantitative estimate of drug-likeness (QED) is 0.880. The zero-order chi connectivity index (χ0) is 16.1. The van der Waals surface area contributed by atoms with E-state index >= 15 is 0 Å². The van der Waals surface area contributed by atoms with Crippen molar-refractivity contribution in [2.24, 2.45) is 0 Å². The molecule has 1 amide bonds. The van der Waals surface area contributed by atoms with Crippen molar-refractivity contribution < 1.29 is 14.7 Å². The van der Waals surface area contributed by atoms with E-state index in [0.717, 1.165) is 19.3 Å². The summed E-state index contributed by atoms with van der Waals surface area (Å²) in [5, 5.41) is 12.9.